The maximum atomic E-state index is 12.9. The van der Waals surface area contributed by atoms with Crippen LogP contribution in [0, 0.1) is 6.92 Å². The van der Waals surface area contributed by atoms with E-state index < -0.39 is 0 Å². The summed E-state index contributed by atoms with van der Waals surface area (Å²) in [5.74, 6) is -0.0374. The molecule has 2 aromatic rings. The van der Waals surface area contributed by atoms with Gasteiger partial charge in [-0.2, -0.15) is 0 Å². The molecule has 1 fully saturated rings. The van der Waals surface area contributed by atoms with E-state index in [1.165, 1.54) is 11.1 Å². The van der Waals surface area contributed by atoms with Crippen LogP contribution in [0.15, 0.2) is 48.5 Å². The highest BCUT2D eigenvalue weighted by molar-refractivity contribution is 5.97. The molecule has 0 bridgehead atoms. The Morgan fingerprint density at radius 3 is 2.50 bits per heavy atom. The molecule has 0 radical (unpaired) electrons. The van der Waals surface area contributed by atoms with E-state index in [0.29, 0.717) is 18.7 Å². The molecule has 2 aliphatic heterocycles. The zero-order chi connectivity index (χ0) is 18.5. The molecule has 4 nitrogen and oxygen atoms in total. The Labute approximate surface area is 154 Å². The molecule has 0 aromatic heterocycles. The van der Waals surface area contributed by atoms with E-state index in [9.17, 15) is 9.59 Å². The number of carbonyl (C=O) groups is 2. The average molecular weight is 348 g/mol. The molecule has 2 amide bonds. The van der Waals surface area contributed by atoms with E-state index in [4.69, 9.17) is 0 Å². The van der Waals surface area contributed by atoms with Crippen molar-refractivity contribution >= 4 is 11.8 Å². The average Bonchev–Trinajstić information content (AvgIpc) is 2.62. The van der Waals surface area contributed by atoms with Crippen molar-refractivity contribution in [3.8, 4) is 0 Å². The fraction of sp³-hybridized carbons (Fsp3) is 0.364. The Hall–Kier alpha value is -2.62. The van der Waals surface area contributed by atoms with Gasteiger partial charge in [-0.15, -0.1) is 0 Å². The maximum Gasteiger partial charge on any atom is 0.254 e. The SMILES string of the molecule is Cc1ccc(C(=O)N2CC(=O)N3CC(C)(C)c4ccccc4C3C2)cc1. The van der Waals surface area contributed by atoms with Crippen LogP contribution in [0.4, 0.5) is 0 Å². The number of aryl methyl sites for hydroxylation is 1. The third-order valence-electron chi connectivity index (χ3n) is 5.62. The van der Waals surface area contributed by atoms with Crippen molar-refractivity contribution in [1.82, 2.24) is 9.80 Å². The third-order valence-corrected chi connectivity index (χ3v) is 5.62. The summed E-state index contributed by atoms with van der Waals surface area (Å²) in [6.07, 6.45) is 0. The van der Waals surface area contributed by atoms with Crippen LogP contribution >= 0.6 is 0 Å². The van der Waals surface area contributed by atoms with Gasteiger partial charge in [-0.05, 0) is 30.2 Å². The summed E-state index contributed by atoms with van der Waals surface area (Å²) in [6.45, 7) is 7.75. The first-order valence-electron chi connectivity index (χ1n) is 9.12. The van der Waals surface area contributed by atoms with Crippen LogP contribution in [0.1, 0.15) is 46.9 Å². The van der Waals surface area contributed by atoms with E-state index >= 15 is 0 Å². The van der Waals surface area contributed by atoms with E-state index in [2.05, 4.69) is 32.0 Å². The van der Waals surface area contributed by atoms with Crippen LogP contribution in [-0.4, -0.2) is 41.2 Å². The first kappa shape index (κ1) is 16.8. The van der Waals surface area contributed by atoms with Crippen LogP contribution in [0.5, 0.6) is 0 Å². The topological polar surface area (TPSA) is 40.6 Å². The number of amides is 2. The van der Waals surface area contributed by atoms with Crippen molar-refractivity contribution in [1.29, 1.82) is 0 Å². The largest absolute Gasteiger partial charge is 0.331 e. The predicted octanol–water partition coefficient (Wildman–Crippen LogP) is 3.31. The van der Waals surface area contributed by atoms with Crippen molar-refractivity contribution in [2.24, 2.45) is 0 Å². The zero-order valence-electron chi connectivity index (χ0n) is 15.5. The van der Waals surface area contributed by atoms with Gasteiger partial charge in [0.2, 0.25) is 5.91 Å². The van der Waals surface area contributed by atoms with Gasteiger partial charge in [0.25, 0.3) is 5.91 Å². The molecular formula is C22H24N2O2. The van der Waals surface area contributed by atoms with Crippen molar-refractivity contribution in [2.75, 3.05) is 19.6 Å². The summed E-state index contributed by atoms with van der Waals surface area (Å²) in [6, 6.07) is 15.8. The quantitative estimate of drug-likeness (QED) is 0.793. The smallest absolute Gasteiger partial charge is 0.254 e. The Morgan fingerprint density at radius 1 is 1.08 bits per heavy atom. The number of rotatable bonds is 1. The third kappa shape index (κ3) is 2.70. The molecule has 1 unspecified atom stereocenters. The van der Waals surface area contributed by atoms with Crippen molar-refractivity contribution in [3.63, 3.8) is 0 Å². The lowest BCUT2D eigenvalue weighted by Gasteiger charge is -2.49. The van der Waals surface area contributed by atoms with Gasteiger partial charge in [-0.1, -0.05) is 55.8 Å². The molecule has 2 aromatic carbocycles. The van der Waals surface area contributed by atoms with Crippen molar-refractivity contribution in [3.05, 3.63) is 70.8 Å². The second-order valence-corrected chi connectivity index (χ2v) is 8.06. The molecule has 4 heteroatoms. The normalized spacial score (nSPS) is 21.2. The zero-order valence-corrected chi connectivity index (χ0v) is 15.5. The lowest BCUT2D eigenvalue weighted by atomic mass is 9.75. The minimum absolute atomic E-state index is 0.0317. The number of hydrogen-bond acceptors (Lipinski definition) is 2. The molecule has 0 N–H and O–H groups in total. The highest BCUT2D eigenvalue weighted by Crippen LogP contribution is 2.41. The predicted molar refractivity (Wildman–Crippen MR) is 101 cm³/mol. The number of nitrogens with zero attached hydrogens (tertiary/aromatic N) is 2. The molecule has 26 heavy (non-hydrogen) atoms. The minimum atomic E-state index is -0.0775. The molecule has 134 valence electrons. The van der Waals surface area contributed by atoms with Gasteiger partial charge in [0, 0.05) is 24.1 Å². The van der Waals surface area contributed by atoms with Gasteiger partial charge in [0.05, 0.1) is 6.04 Å². The molecule has 2 aliphatic rings. The molecule has 0 saturated carbocycles. The van der Waals surface area contributed by atoms with Gasteiger partial charge in [-0.3, -0.25) is 9.59 Å². The van der Waals surface area contributed by atoms with Gasteiger partial charge >= 0.3 is 0 Å². The lowest BCUT2D eigenvalue weighted by molar-refractivity contribution is -0.140. The highest BCUT2D eigenvalue weighted by atomic mass is 16.2. The summed E-state index contributed by atoms with van der Waals surface area (Å²) in [4.78, 5) is 29.4. The minimum Gasteiger partial charge on any atom is -0.331 e. The highest BCUT2D eigenvalue weighted by Gasteiger charge is 2.44. The van der Waals surface area contributed by atoms with Crippen LogP contribution in [-0.2, 0) is 10.2 Å². The van der Waals surface area contributed by atoms with E-state index in [1.807, 2.05) is 42.2 Å². The summed E-state index contributed by atoms with van der Waals surface area (Å²) in [5.41, 5.74) is 4.12. The molecular weight excluding hydrogens is 324 g/mol. The van der Waals surface area contributed by atoms with Crippen molar-refractivity contribution < 1.29 is 9.59 Å². The van der Waals surface area contributed by atoms with Crippen LogP contribution in [0.3, 0.4) is 0 Å². The van der Waals surface area contributed by atoms with E-state index in [-0.39, 0.29) is 29.8 Å². The number of piperazine rings is 1. The van der Waals surface area contributed by atoms with Crippen LogP contribution < -0.4 is 0 Å². The van der Waals surface area contributed by atoms with Gasteiger partial charge in [0.15, 0.2) is 0 Å². The summed E-state index contributed by atoms with van der Waals surface area (Å²) >= 11 is 0. The maximum absolute atomic E-state index is 12.9. The van der Waals surface area contributed by atoms with Crippen LogP contribution in [0.25, 0.3) is 0 Å². The fourth-order valence-corrected chi connectivity index (χ4v) is 4.21. The van der Waals surface area contributed by atoms with Crippen LogP contribution in [0.2, 0.25) is 0 Å². The standard InChI is InChI=1S/C22H24N2O2/c1-15-8-10-16(11-9-15)21(26)23-12-19-17-6-4-5-7-18(17)22(2,3)14-24(19)20(25)13-23/h4-11,19H,12-14H2,1-3H3. The second-order valence-electron chi connectivity index (χ2n) is 8.06. The summed E-state index contributed by atoms with van der Waals surface area (Å²) in [5, 5.41) is 0. The first-order valence-corrected chi connectivity index (χ1v) is 9.12. The first-order chi connectivity index (χ1) is 12.4. The van der Waals surface area contributed by atoms with E-state index in [0.717, 1.165) is 5.56 Å². The lowest BCUT2D eigenvalue weighted by Crippen LogP contribution is -2.58. The monoisotopic (exact) mass is 348 g/mol. The van der Waals surface area contributed by atoms with Gasteiger partial charge in [0.1, 0.15) is 6.54 Å². The fourth-order valence-electron chi connectivity index (χ4n) is 4.21. The number of benzene rings is 2. The van der Waals surface area contributed by atoms with Gasteiger partial charge in [-0.25, -0.2) is 0 Å². The second kappa shape index (κ2) is 5.97. The molecule has 1 atom stereocenters. The molecule has 4 rings (SSSR count). The Kier molecular flexibility index (Phi) is 3.87. The molecule has 1 saturated heterocycles. The summed E-state index contributed by atoms with van der Waals surface area (Å²) in [7, 11) is 0. The Morgan fingerprint density at radius 2 is 1.77 bits per heavy atom. The molecule has 0 spiro atoms. The number of hydrogen-bond donors (Lipinski definition) is 0. The number of fused-ring (bicyclic) bond motifs is 3. The Bertz CT molecular complexity index is 870. The number of carbonyl (C=O) groups excluding carboxylic acids is 2. The molecule has 0 aliphatic carbocycles. The van der Waals surface area contributed by atoms with E-state index in [1.54, 1.807) is 4.90 Å². The van der Waals surface area contributed by atoms with Crippen molar-refractivity contribution in [2.45, 2.75) is 32.2 Å². The van der Waals surface area contributed by atoms with Gasteiger partial charge < -0.3 is 9.80 Å². The summed E-state index contributed by atoms with van der Waals surface area (Å²) < 4.78 is 0. The molecule has 2 heterocycles. The Balaban J connectivity index is 1.67.